The molecule has 2 fully saturated rings. The molecule has 2 aromatic heterocycles. The summed E-state index contributed by atoms with van der Waals surface area (Å²) in [4.78, 5) is 38.7. The fourth-order valence-corrected chi connectivity index (χ4v) is 6.22. The standard InChI is InChI=1S/C35H34N4O8/c1-35(2)46-29-25(19-40)45-33(30(29)47-35)39-31-28(32(41)38(34(39)42)18-20-8-6-5-7-9-20)36-26(21-10-14-23(43-3)15-11-21)27(37-31)22-12-16-24(44-4)17-13-22/h5-17,25,29-30,33,40H,18-19H2,1-4H3/t25-,29-,30-,33-/m1/s1. The van der Waals surface area contributed by atoms with Crippen LogP contribution in [0.4, 0.5) is 0 Å². The number of aromatic nitrogens is 4. The maximum absolute atomic E-state index is 14.5. The number of ether oxygens (including phenoxy) is 5. The average molecular weight is 639 g/mol. The zero-order valence-corrected chi connectivity index (χ0v) is 26.3. The number of benzene rings is 3. The van der Waals surface area contributed by atoms with E-state index >= 15 is 0 Å². The summed E-state index contributed by atoms with van der Waals surface area (Å²) in [6.45, 7) is 3.15. The maximum Gasteiger partial charge on any atom is 0.335 e. The Kier molecular flexibility index (Phi) is 7.88. The summed E-state index contributed by atoms with van der Waals surface area (Å²) in [6, 6.07) is 23.7. The topological polar surface area (TPSA) is 136 Å². The van der Waals surface area contributed by atoms with Gasteiger partial charge in [0.15, 0.2) is 23.2 Å². The summed E-state index contributed by atoms with van der Waals surface area (Å²) >= 11 is 0. The molecule has 242 valence electrons. The highest BCUT2D eigenvalue weighted by molar-refractivity contribution is 5.84. The molecule has 7 rings (SSSR count). The van der Waals surface area contributed by atoms with Gasteiger partial charge < -0.3 is 28.8 Å². The lowest BCUT2D eigenvalue weighted by molar-refractivity contribution is -0.200. The van der Waals surface area contributed by atoms with E-state index in [1.165, 1.54) is 4.57 Å². The van der Waals surface area contributed by atoms with Crippen LogP contribution in [0.3, 0.4) is 0 Å². The first kappa shape index (κ1) is 30.8. The number of fused-ring (bicyclic) bond motifs is 2. The van der Waals surface area contributed by atoms with Gasteiger partial charge >= 0.3 is 5.69 Å². The van der Waals surface area contributed by atoms with Gasteiger partial charge in [-0.2, -0.15) is 0 Å². The fraction of sp³-hybridized carbons (Fsp3) is 0.314. The van der Waals surface area contributed by atoms with Gasteiger partial charge in [0.1, 0.15) is 29.8 Å². The van der Waals surface area contributed by atoms with Gasteiger partial charge in [0.05, 0.1) is 38.8 Å². The van der Waals surface area contributed by atoms with Gasteiger partial charge in [-0.1, -0.05) is 30.3 Å². The SMILES string of the molecule is COc1ccc(-c2nc3c(=O)n(Cc4ccccc4)c(=O)n([C@@H]4O[C@H](CO)[C@H]5OC(C)(C)O[C@H]54)c3nc2-c2ccc(OC)cc2)cc1. The van der Waals surface area contributed by atoms with E-state index < -0.39 is 41.6 Å². The number of rotatable bonds is 8. The van der Waals surface area contributed by atoms with Crippen LogP contribution in [0.1, 0.15) is 25.6 Å². The Bertz CT molecular complexity index is 2040. The number of aliphatic hydroxyl groups is 1. The molecule has 0 amide bonds. The summed E-state index contributed by atoms with van der Waals surface area (Å²) in [5, 5.41) is 10.2. The molecule has 3 aromatic carbocycles. The van der Waals surface area contributed by atoms with Crippen molar-refractivity contribution in [1.82, 2.24) is 19.1 Å². The third kappa shape index (κ3) is 5.48. The van der Waals surface area contributed by atoms with E-state index in [4.69, 9.17) is 33.7 Å². The molecule has 2 aliphatic heterocycles. The molecule has 2 aliphatic rings. The van der Waals surface area contributed by atoms with Crippen molar-refractivity contribution in [1.29, 1.82) is 0 Å². The van der Waals surface area contributed by atoms with Gasteiger partial charge in [-0.25, -0.2) is 19.3 Å². The van der Waals surface area contributed by atoms with Crippen LogP contribution < -0.4 is 20.7 Å². The molecule has 4 heterocycles. The molecule has 0 aliphatic carbocycles. The summed E-state index contributed by atoms with van der Waals surface area (Å²) in [5.74, 6) is 0.306. The zero-order valence-electron chi connectivity index (χ0n) is 26.3. The average Bonchev–Trinajstić information content (AvgIpc) is 3.59. The molecule has 12 nitrogen and oxygen atoms in total. The minimum absolute atomic E-state index is 0.0126. The second kappa shape index (κ2) is 12.0. The first-order valence-electron chi connectivity index (χ1n) is 15.2. The highest BCUT2D eigenvalue weighted by atomic mass is 16.8. The van der Waals surface area contributed by atoms with E-state index in [0.29, 0.717) is 34.0 Å². The van der Waals surface area contributed by atoms with E-state index in [2.05, 4.69) is 0 Å². The maximum atomic E-state index is 14.5. The Morgan fingerprint density at radius 3 is 1.96 bits per heavy atom. The van der Waals surface area contributed by atoms with Crippen molar-refractivity contribution in [2.75, 3.05) is 20.8 Å². The number of methoxy groups -OCH3 is 2. The molecule has 0 saturated carbocycles. The Morgan fingerprint density at radius 2 is 1.38 bits per heavy atom. The van der Waals surface area contributed by atoms with Gasteiger partial charge in [-0.3, -0.25) is 9.36 Å². The molecule has 12 heteroatoms. The number of hydrogen-bond acceptors (Lipinski definition) is 10. The first-order valence-corrected chi connectivity index (χ1v) is 15.2. The Balaban J connectivity index is 1.53. The number of nitrogens with zero attached hydrogens (tertiary/aromatic N) is 4. The van der Waals surface area contributed by atoms with Crippen molar-refractivity contribution in [3.8, 4) is 34.0 Å². The molecule has 0 radical (unpaired) electrons. The van der Waals surface area contributed by atoms with Gasteiger partial charge in [-0.05, 0) is 67.9 Å². The van der Waals surface area contributed by atoms with Crippen LogP contribution in [-0.2, 0) is 20.8 Å². The number of aliphatic hydroxyl groups excluding tert-OH is 1. The second-order valence-corrected chi connectivity index (χ2v) is 11.9. The van der Waals surface area contributed by atoms with Crippen LogP contribution in [0, 0.1) is 0 Å². The van der Waals surface area contributed by atoms with E-state index in [1.54, 1.807) is 52.3 Å². The highest BCUT2D eigenvalue weighted by Crippen LogP contribution is 2.43. The molecule has 47 heavy (non-hydrogen) atoms. The monoisotopic (exact) mass is 638 g/mol. The van der Waals surface area contributed by atoms with E-state index in [1.807, 2.05) is 54.6 Å². The molecule has 2 saturated heterocycles. The smallest absolute Gasteiger partial charge is 0.335 e. The van der Waals surface area contributed by atoms with Crippen molar-refractivity contribution >= 4 is 11.2 Å². The molecule has 5 aromatic rings. The zero-order chi connectivity index (χ0) is 32.9. The highest BCUT2D eigenvalue weighted by Gasteiger charge is 2.56. The van der Waals surface area contributed by atoms with Crippen molar-refractivity contribution in [3.05, 3.63) is 105 Å². The fourth-order valence-electron chi connectivity index (χ4n) is 6.22. The van der Waals surface area contributed by atoms with Crippen molar-refractivity contribution in [2.45, 2.75) is 50.7 Å². The Labute approximate surface area is 269 Å². The minimum atomic E-state index is -1.08. The van der Waals surface area contributed by atoms with Crippen molar-refractivity contribution in [2.24, 2.45) is 0 Å². The molecule has 1 N–H and O–H groups in total. The molecular weight excluding hydrogens is 604 g/mol. The Morgan fingerprint density at radius 1 is 0.809 bits per heavy atom. The quantitative estimate of drug-likeness (QED) is 0.268. The summed E-state index contributed by atoms with van der Waals surface area (Å²) in [6.07, 6.45) is -3.31. The van der Waals surface area contributed by atoms with Crippen molar-refractivity contribution < 1.29 is 28.8 Å². The molecule has 0 bridgehead atoms. The lowest BCUT2D eigenvalue weighted by Gasteiger charge is -2.25. The largest absolute Gasteiger partial charge is 0.497 e. The predicted octanol–water partition coefficient (Wildman–Crippen LogP) is 3.76. The molecule has 0 unspecified atom stereocenters. The van der Waals surface area contributed by atoms with Gasteiger partial charge in [-0.15, -0.1) is 0 Å². The van der Waals surface area contributed by atoms with Crippen LogP contribution in [0.15, 0.2) is 88.5 Å². The molecule has 0 spiro atoms. The van der Waals surface area contributed by atoms with E-state index in [0.717, 1.165) is 10.1 Å². The first-order chi connectivity index (χ1) is 22.7. The van der Waals surface area contributed by atoms with Crippen LogP contribution in [0.25, 0.3) is 33.7 Å². The molecular formula is C35H34N4O8. The second-order valence-electron chi connectivity index (χ2n) is 11.9. The Hall–Kier alpha value is -4.88. The summed E-state index contributed by atoms with van der Waals surface area (Å²) in [5.41, 5.74) is 1.69. The summed E-state index contributed by atoms with van der Waals surface area (Å²) in [7, 11) is 3.16. The van der Waals surface area contributed by atoms with Crippen LogP contribution in [0.5, 0.6) is 11.5 Å². The summed E-state index contributed by atoms with van der Waals surface area (Å²) < 4.78 is 31.8. The van der Waals surface area contributed by atoms with Crippen LogP contribution in [-0.4, -0.2) is 69.1 Å². The van der Waals surface area contributed by atoms with Crippen molar-refractivity contribution in [3.63, 3.8) is 0 Å². The predicted molar refractivity (Wildman–Crippen MR) is 172 cm³/mol. The van der Waals surface area contributed by atoms with E-state index in [-0.39, 0.29) is 24.3 Å². The van der Waals surface area contributed by atoms with Gasteiger partial charge in [0, 0.05) is 11.1 Å². The number of hydrogen-bond donors (Lipinski definition) is 1. The van der Waals surface area contributed by atoms with E-state index in [9.17, 15) is 14.7 Å². The normalized spacial score (nSPS) is 21.6. The third-order valence-electron chi connectivity index (χ3n) is 8.46. The molecule has 4 atom stereocenters. The van der Waals surface area contributed by atoms with Gasteiger partial charge in [0.25, 0.3) is 5.56 Å². The minimum Gasteiger partial charge on any atom is -0.497 e. The lowest BCUT2D eigenvalue weighted by atomic mass is 10.0. The van der Waals surface area contributed by atoms with Crippen LogP contribution >= 0.6 is 0 Å². The third-order valence-corrected chi connectivity index (χ3v) is 8.46. The van der Waals surface area contributed by atoms with Gasteiger partial charge in [0.2, 0.25) is 0 Å². The lowest BCUT2D eigenvalue weighted by Crippen LogP contribution is -2.45. The van der Waals surface area contributed by atoms with Crippen LogP contribution in [0.2, 0.25) is 0 Å².